The van der Waals surface area contributed by atoms with Crippen LogP contribution in [0, 0.1) is 5.92 Å². The summed E-state index contributed by atoms with van der Waals surface area (Å²) in [6.45, 7) is 6.65. The van der Waals surface area contributed by atoms with Crippen molar-refractivity contribution in [2.45, 2.75) is 52.1 Å². The molecule has 1 saturated carbocycles. The zero-order valence-corrected chi connectivity index (χ0v) is 11.2. The summed E-state index contributed by atoms with van der Waals surface area (Å²) in [6.07, 6.45) is 2.20. The number of nitrogens with zero attached hydrogens (tertiary/aromatic N) is 2. The van der Waals surface area contributed by atoms with Gasteiger partial charge in [0.2, 0.25) is 11.7 Å². The van der Waals surface area contributed by atoms with Crippen LogP contribution in [0.25, 0.3) is 0 Å². The summed E-state index contributed by atoms with van der Waals surface area (Å²) < 4.78 is 10.9. The Kier molecular flexibility index (Phi) is 4.11. The fraction of sp³-hybridized carbons (Fsp3) is 0.769. The van der Waals surface area contributed by atoms with Crippen LogP contribution in [0.15, 0.2) is 4.52 Å². The number of ether oxygens (including phenoxy) is 1. The molecular formula is C13H20N2O3. The zero-order chi connectivity index (χ0) is 13.1. The van der Waals surface area contributed by atoms with Crippen molar-refractivity contribution < 1.29 is 14.1 Å². The smallest absolute Gasteiger partial charge is 0.237 e. The van der Waals surface area contributed by atoms with Gasteiger partial charge in [0.1, 0.15) is 11.9 Å². The Hall–Kier alpha value is -1.23. The van der Waals surface area contributed by atoms with E-state index >= 15 is 0 Å². The number of carbonyl (C=O) groups is 1. The van der Waals surface area contributed by atoms with Gasteiger partial charge in [-0.3, -0.25) is 4.79 Å². The molecule has 2 rings (SSSR count). The summed E-state index contributed by atoms with van der Waals surface area (Å²) in [6, 6.07) is 0. The standard InChI is InChI=1S/C13H20N2O3/c1-4-17-11(8(2)3)12-14-13(18-15-12)9-6-5-7-10(9)16/h8-9,11H,4-7H2,1-3H3. The van der Waals surface area contributed by atoms with E-state index in [1.807, 2.05) is 6.92 Å². The molecule has 1 aromatic rings. The first kappa shape index (κ1) is 13.2. The summed E-state index contributed by atoms with van der Waals surface area (Å²) in [4.78, 5) is 16.0. The van der Waals surface area contributed by atoms with Gasteiger partial charge in [0.05, 0.1) is 5.92 Å². The Labute approximate surface area is 107 Å². The SMILES string of the molecule is CCOC(c1noc(C2CCCC2=O)n1)C(C)C. The van der Waals surface area contributed by atoms with Gasteiger partial charge in [0.25, 0.3) is 0 Å². The lowest BCUT2D eigenvalue weighted by Crippen LogP contribution is -2.13. The van der Waals surface area contributed by atoms with E-state index in [0.29, 0.717) is 24.7 Å². The molecule has 1 aromatic heterocycles. The monoisotopic (exact) mass is 252 g/mol. The van der Waals surface area contributed by atoms with Gasteiger partial charge >= 0.3 is 0 Å². The average Bonchev–Trinajstić information content (AvgIpc) is 2.93. The third-order valence-electron chi connectivity index (χ3n) is 3.27. The lowest BCUT2D eigenvalue weighted by Gasteiger charge is -2.16. The molecule has 1 heterocycles. The number of rotatable bonds is 5. The normalized spacial score (nSPS) is 21.8. The van der Waals surface area contributed by atoms with Crippen LogP contribution in [-0.4, -0.2) is 22.5 Å². The van der Waals surface area contributed by atoms with E-state index in [9.17, 15) is 4.79 Å². The second kappa shape index (κ2) is 5.61. The lowest BCUT2D eigenvalue weighted by atomic mass is 10.1. The molecule has 1 aliphatic rings. The number of Topliss-reactive ketones (excluding diaryl/α,β-unsaturated/α-hetero) is 1. The van der Waals surface area contributed by atoms with E-state index in [2.05, 4.69) is 24.0 Å². The fourth-order valence-electron chi connectivity index (χ4n) is 2.33. The first-order valence-corrected chi connectivity index (χ1v) is 6.61. The molecule has 2 unspecified atom stereocenters. The summed E-state index contributed by atoms with van der Waals surface area (Å²) in [5.74, 6) is 1.30. The van der Waals surface area contributed by atoms with Crippen LogP contribution in [0.3, 0.4) is 0 Å². The predicted octanol–water partition coefficient (Wildman–Crippen LogP) is 2.64. The van der Waals surface area contributed by atoms with Crippen molar-refractivity contribution in [2.75, 3.05) is 6.61 Å². The Morgan fingerprint density at radius 3 is 2.83 bits per heavy atom. The van der Waals surface area contributed by atoms with Gasteiger partial charge in [-0.15, -0.1) is 0 Å². The molecule has 5 nitrogen and oxygen atoms in total. The molecule has 5 heteroatoms. The van der Waals surface area contributed by atoms with Crippen LogP contribution in [0.4, 0.5) is 0 Å². The molecule has 1 aliphatic carbocycles. The maximum Gasteiger partial charge on any atom is 0.237 e. The third-order valence-corrected chi connectivity index (χ3v) is 3.27. The molecule has 0 aromatic carbocycles. The molecular weight excluding hydrogens is 232 g/mol. The highest BCUT2D eigenvalue weighted by Crippen LogP contribution is 2.31. The third kappa shape index (κ3) is 2.61. The minimum Gasteiger partial charge on any atom is -0.370 e. The Morgan fingerprint density at radius 2 is 2.28 bits per heavy atom. The van der Waals surface area contributed by atoms with Crippen molar-refractivity contribution in [3.8, 4) is 0 Å². The molecule has 2 atom stereocenters. The molecule has 0 radical (unpaired) electrons. The van der Waals surface area contributed by atoms with Gasteiger partial charge in [-0.25, -0.2) is 0 Å². The number of ketones is 1. The second-order valence-electron chi connectivity index (χ2n) is 5.02. The van der Waals surface area contributed by atoms with Gasteiger partial charge in [-0.05, 0) is 25.7 Å². The minimum absolute atomic E-state index is 0.163. The molecule has 0 aliphatic heterocycles. The van der Waals surface area contributed by atoms with E-state index in [1.165, 1.54) is 0 Å². The zero-order valence-electron chi connectivity index (χ0n) is 11.2. The molecule has 100 valence electrons. The number of hydrogen-bond acceptors (Lipinski definition) is 5. The van der Waals surface area contributed by atoms with Gasteiger partial charge < -0.3 is 9.26 Å². The number of carbonyl (C=O) groups excluding carboxylic acids is 1. The van der Waals surface area contributed by atoms with E-state index in [4.69, 9.17) is 9.26 Å². The summed E-state index contributed by atoms with van der Waals surface area (Å²) in [7, 11) is 0. The highest BCUT2D eigenvalue weighted by molar-refractivity contribution is 5.86. The summed E-state index contributed by atoms with van der Waals surface area (Å²) in [5, 5.41) is 3.97. The first-order chi connectivity index (χ1) is 8.63. The predicted molar refractivity (Wildman–Crippen MR) is 65.1 cm³/mol. The Morgan fingerprint density at radius 1 is 1.50 bits per heavy atom. The van der Waals surface area contributed by atoms with Crippen molar-refractivity contribution >= 4 is 5.78 Å². The lowest BCUT2D eigenvalue weighted by molar-refractivity contribution is -0.119. The van der Waals surface area contributed by atoms with Crippen molar-refractivity contribution in [3.05, 3.63) is 11.7 Å². The maximum atomic E-state index is 11.7. The molecule has 0 amide bonds. The van der Waals surface area contributed by atoms with Crippen molar-refractivity contribution in [2.24, 2.45) is 5.92 Å². The minimum atomic E-state index is -0.194. The summed E-state index contributed by atoms with van der Waals surface area (Å²) >= 11 is 0. The van der Waals surface area contributed by atoms with Crippen LogP contribution < -0.4 is 0 Å². The van der Waals surface area contributed by atoms with Crippen LogP contribution in [0.5, 0.6) is 0 Å². The topological polar surface area (TPSA) is 65.2 Å². The van der Waals surface area contributed by atoms with Crippen molar-refractivity contribution in [1.82, 2.24) is 10.1 Å². The first-order valence-electron chi connectivity index (χ1n) is 6.61. The second-order valence-corrected chi connectivity index (χ2v) is 5.02. The van der Waals surface area contributed by atoms with E-state index in [-0.39, 0.29) is 23.7 Å². The van der Waals surface area contributed by atoms with Crippen LogP contribution in [0.1, 0.15) is 63.8 Å². The van der Waals surface area contributed by atoms with Gasteiger partial charge in [0, 0.05) is 13.0 Å². The van der Waals surface area contributed by atoms with Crippen LogP contribution >= 0.6 is 0 Å². The Bertz CT molecular complexity index is 414. The largest absolute Gasteiger partial charge is 0.370 e. The molecule has 1 fully saturated rings. The quantitative estimate of drug-likeness (QED) is 0.806. The summed E-state index contributed by atoms with van der Waals surface area (Å²) in [5.41, 5.74) is 0. The van der Waals surface area contributed by atoms with E-state index in [1.54, 1.807) is 0 Å². The highest BCUT2D eigenvalue weighted by Gasteiger charge is 2.32. The highest BCUT2D eigenvalue weighted by atomic mass is 16.5. The van der Waals surface area contributed by atoms with Gasteiger partial charge in [0.15, 0.2) is 0 Å². The molecule has 18 heavy (non-hydrogen) atoms. The van der Waals surface area contributed by atoms with Crippen molar-refractivity contribution in [3.63, 3.8) is 0 Å². The molecule has 0 saturated heterocycles. The molecule has 0 bridgehead atoms. The molecule has 0 N–H and O–H groups in total. The van der Waals surface area contributed by atoms with E-state index < -0.39 is 0 Å². The average molecular weight is 252 g/mol. The maximum absolute atomic E-state index is 11.7. The fourth-order valence-corrected chi connectivity index (χ4v) is 2.33. The Balaban J connectivity index is 2.15. The number of aromatic nitrogens is 2. The van der Waals surface area contributed by atoms with Crippen LogP contribution in [0.2, 0.25) is 0 Å². The van der Waals surface area contributed by atoms with Gasteiger partial charge in [-0.2, -0.15) is 4.98 Å². The molecule has 0 spiro atoms. The van der Waals surface area contributed by atoms with E-state index in [0.717, 1.165) is 12.8 Å². The van der Waals surface area contributed by atoms with Gasteiger partial charge in [-0.1, -0.05) is 19.0 Å². The number of hydrogen-bond donors (Lipinski definition) is 0. The van der Waals surface area contributed by atoms with Crippen molar-refractivity contribution in [1.29, 1.82) is 0 Å². The van der Waals surface area contributed by atoms with Crippen LogP contribution in [-0.2, 0) is 9.53 Å².